The standard InChI is InChI=1S/C16H20O2S/c1-19-14-7-5-13(6-8-14)15(17)9-12-16(18)10-3-2-4-11-16/h5-8,15,17-18H,2-4,10-11H2,1H3/t15-/m1/s1. The van der Waals surface area contributed by atoms with Crippen molar-refractivity contribution in [3.63, 3.8) is 0 Å². The van der Waals surface area contributed by atoms with Gasteiger partial charge in [0.25, 0.3) is 0 Å². The van der Waals surface area contributed by atoms with Crippen molar-refractivity contribution in [3.05, 3.63) is 29.8 Å². The molecule has 1 atom stereocenters. The Morgan fingerprint density at radius 2 is 1.79 bits per heavy atom. The van der Waals surface area contributed by atoms with Crippen LogP contribution in [0.15, 0.2) is 29.2 Å². The Kier molecular flexibility index (Phi) is 4.93. The number of hydrogen-bond acceptors (Lipinski definition) is 3. The van der Waals surface area contributed by atoms with Gasteiger partial charge in [0, 0.05) is 4.90 Å². The fourth-order valence-electron chi connectivity index (χ4n) is 2.33. The first-order chi connectivity index (χ1) is 9.13. The molecule has 0 bridgehead atoms. The first-order valence-corrected chi connectivity index (χ1v) is 7.92. The highest BCUT2D eigenvalue weighted by Gasteiger charge is 2.26. The summed E-state index contributed by atoms with van der Waals surface area (Å²) in [7, 11) is 0. The van der Waals surface area contributed by atoms with Gasteiger partial charge in [-0.2, -0.15) is 0 Å². The molecule has 3 heteroatoms. The van der Waals surface area contributed by atoms with E-state index in [0.717, 1.165) is 36.1 Å². The quantitative estimate of drug-likeness (QED) is 0.644. The molecule has 0 amide bonds. The van der Waals surface area contributed by atoms with E-state index in [2.05, 4.69) is 11.8 Å². The molecule has 2 N–H and O–H groups in total. The highest BCUT2D eigenvalue weighted by Crippen LogP contribution is 2.27. The minimum Gasteiger partial charge on any atom is -0.378 e. The van der Waals surface area contributed by atoms with E-state index >= 15 is 0 Å². The fourth-order valence-corrected chi connectivity index (χ4v) is 2.74. The monoisotopic (exact) mass is 276 g/mol. The Morgan fingerprint density at radius 3 is 2.37 bits per heavy atom. The smallest absolute Gasteiger partial charge is 0.140 e. The van der Waals surface area contributed by atoms with Crippen molar-refractivity contribution in [2.24, 2.45) is 0 Å². The van der Waals surface area contributed by atoms with Gasteiger partial charge < -0.3 is 10.2 Å². The number of aliphatic hydroxyl groups is 2. The molecular formula is C16H20O2S. The molecule has 0 unspecified atom stereocenters. The number of rotatable bonds is 2. The molecule has 0 spiro atoms. The Labute approximate surface area is 119 Å². The highest BCUT2D eigenvalue weighted by molar-refractivity contribution is 7.98. The van der Waals surface area contributed by atoms with E-state index in [4.69, 9.17) is 0 Å². The first-order valence-electron chi connectivity index (χ1n) is 6.70. The van der Waals surface area contributed by atoms with E-state index in [-0.39, 0.29) is 0 Å². The lowest BCUT2D eigenvalue weighted by molar-refractivity contribution is 0.0604. The third kappa shape index (κ3) is 4.01. The van der Waals surface area contributed by atoms with Gasteiger partial charge in [-0.15, -0.1) is 11.8 Å². The summed E-state index contributed by atoms with van der Waals surface area (Å²) in [5.41, 5.74) is -0.108. The van der Waals surface area contributed by atoms with Gasteiger partial charge in [-0.3, -0.25) is 0 Å². The van der Waals surface area contributed by atoms with Crippen LogP contribution in [0.3, 0.4) is 0 Å². The minimum atomic E-state index is -0.890. The minimum absolute atomic E-state index is 0.720. The van der Waals surface area contributed by atoms with E-state index in [0.29, 0.717) is 0 Å². The van der Waals surface area contributed by atoms with Gasteiger partial charge in [0.15, 0.2) is 0 Å². The Bertz CT molecular complexity index is 464. The van der Waals surface area contributed by atoms with Gasteiger partial charge in [-0.25, -0.2) is 0 Å². The summed E-state index contributed by atoms with van der Waals surface area (Å²) in [6, 6.07) is 7.71. The molecule has 1 fully saturated rings. The number of benzene rings is 1. The van der Waals surface area contributed by atoms with Crippen LogP contribution < -0.4 is 0 Å². The summed E-state index contributed by atoms with van der Waals surface area (Å²) in [5.74, 6) is 5.67. The summed E-state index contributed by atoms with van der Waals surface area (Å²) in [4.78, 5) is 1.16. The molecular weight excluding hydrogens is 256 g/mol. The van der Waals surface area contributed by atoms with Crippen LogP contribution in [0.4, 0.5) is 0 Å². The maximum absolute atomic E-state index is 10.3. The molecule has 1 saturated carbocycles. The van der Waals surface area contributed by atoms with Crippen LogP contribution in [0.25, 0.3) is 0 Å². The summed E-state index contributed by atoms with van der Waals surface area (Å²) in [6.07, 6.45) is 5.85. The lowest BCUT2D eigenvalue weighted by Crippen LogP contribution is -2.29. The third-order valence-corrected chi connectivity index (χ3v) is 4.30. The van der Waals surface area contributed by atoms with Crippen LogP contribution in [-0.2, 0) is 0 Å². The van der Waals surface area contributed by atoms with Crippen molar-refractivity contribution in [2.75, 3.05) is 6.26 Å². The molecule has 2 nitrogen and oxygen atoms in total. The molecule has 0 aromatic heterocycles. The second-order valence-corrected chi connectivity index (χ2v) is 5.92. The van der Waals surface area contributed by atoms with Crippen LogP contribution in [0, 0.1) is 11.8 Å². The van der Waals surface area contributed by atoms with Gasteiger partial charge in [0.1, 0.15) is 11.7 Å². The molecule has 1 aliphatic rings. The topological polar surface area (TPSA) is 40.5 Å². The highest BCUT2D eigenvalue weighted by atomic mass is 32.2. The van der Waals surface area contributed by atoms with Crippen molar-refractivity contribution in [1.82, 2.24) is 0 Å². The second-order valence-electron chi connectivity index (χ2n) is 5.04. The molecule has 102 valence electrons. The second kappa shape index (κ2) is 6.47. The third-order valence-electron chi connectivity index (χ3n) is 3.55. The molecule has 0 saturated heterocycles. The van der Waals surface area contributed by atoms with Gasteiger partial charge in [-0.1, -0.05) is 30.4 Å². The molecule has 0 radical (unpaired) electrons. The van der Waals surface area contributed by atoms with E-state index in [1.165, 1.54) is 6.42 Å². The van der Waals surface area contributed by atoms with Crippen LogP contribution in [0.1, 0.15) is 43.8 Å². The lowest BCUT2D eigenvalue weighted by Gasteiger charge is -2.26. The molecule has 0 heterocycles. The maximum Gasteiger partial charge on any atom is 0.140 e. The Hall–Kier alpha value is -0.950. The van der Waals surface area contributed by atoms with Crippen LogP contribution in [-0.4, -0.2) is 22.1 Å². The van der Waals surface area contributed by atoms with E-state index in [9.17, 15) is 10.2 Å². The summed E-state index contributed by atoms with van der Waals surface area (Å²) < 4.78 is 0. The van der Waals surface area contributed by atoms with Crippen molar-refractivity contribution in [2.45, 2.75) is 48.7 Å². The zero-order valence-corrected chi connectivity index (χ0v) is 12.0. The van der Waals surface area contributed by atoms with Crippen LogP contribution in [0.5, 0.6) is 0 Å². The largest absolute Gasteiger partial charge is 0.378 e. The van der Waals surface area contributed by atoms with Crippen molar-refractivity contribution >= 4 is 11.8 Å². The molecule has 2 rings (SSSR count). The zero-order valence-electron chi connectivity index (χ0n) is 11.2. The SMILES string of the molecule is CSc1ccc([C@H](O)C#CC2(O)CCCCC2)cc1. The van der Waals surface area contributed by atoms with Gasteiger partial charge in [-0.05, 0) is 49.6 Å². The van der Waals surface area contributed by atoms with Crippen LogP contribution >= 0.6 is 11.8 Å². The van der Waals surface area contributed by atoms with E-state index in [1.807, 2.05) is 30.5 Å². The summed E-state index contributed by atoms with van der Waals surface area (Å²) >= 11 is 1.67. The molecule has 1 aliphatic carbocycles. The van der Waals surface area contributed by atoms with E-state index < -0.39 is 11.7 Å². The predicted octanol–water partition coefficient (Wildman–Crippen LogP) is 3.14. The van der Waals surface area contributed by atoms with E-state index in [1.54, 1.807) is 11.8 Å². The predicted molar refractivity (Wildman–Crippen MR) is 79.0 cm³/mol. The lowest BCUT2D eigenvalue weighted by atomic mass is 9.85. The molecule has 0 aliphatic heterocycles. The van der Waals surface area contributed by atoms with Crippen molar-refractivity contribution in [3.8, 4) is 11.8 Å². The molecule has 1 aromatic rings. The normalized spacial score (nSPS) is 19.3. The average Bonchev–Trinajstić information content (AvgIpc) is 2.46. The number of hydrogen-bond donors (Lipinski definition) is 2. The fraction of sp³-hybridized carbons (Fsp3) is 0.500. The molecule has 1 aromatic carbocycles. The van der Waals surface area contributed by atoms with Crippen molar-refractivity contribution < 1.29 is 10.2 Å². The Morgan fingerprint density at radius 1 is 1.16 bits per heavy atom. The number of aliphatic hydroxyl groups excluding tert-OH is 1. The average molecular weight is 276 g/mol. The summed E-state index contributed by atoms with van der Waals surface area (Å²) in [5, 5.41) is 20.3. The van der Waals surface area contributed by atoms with Crippen LogP contribution in [0.2, 0.25) is 0 Å². The van der Waals surface area contributed by atoms with Gasteiger partial charge >= 0.3 is 0 Å². The number of thioether (sulfide) groups is 1. The first kappa shape index (κ1) is 14.5. The molecule has 19 heavy (non-hydrogen) atoms. The maximum atomic E-state index is 10.3. The zero-order chi connectivity index (χ0) is 13.7. The van der Waals surface area contributed by atoms with Crippen molar-refractivity contribution in [1.29, 1.82) is 0 Å². The van der Waals surface area contributed by atoms with Gasteiger partial charge in [0.05, 0.1) is 0 Å². The Balaban J connectivity index is 2.05. The van der Waals surface area contributed by atoms with Gasteiger partial charge in [0.2, 0.25) is 0 Å². The summed E-state index contributed by atoms with van der Waals surface area (Å²) in [6.45, 7) is 0.